The van der Waals surface area contributed by atoms with Crippen molar-refractivity contribution in [2.45, 2.75) is 56.3 Å². The van der Waals surface area contributed by atoms with Gasteiger partial charge in [0.2, 0.25) is 0 Å². The van der Waals surface area contributed by atoms with Crippen LogP contribution in [0.3, 0.4) is 0 Å². The monoisotopic (exact) mass is 361 g/mol. The van der Waals surface area contributed by atoms with Crippen molar-refractivity contribution in [1.29, 1.82) is 0 Å². The lowest BCUT2D eigenvalue weighted by Gasteiger charge is -2.52. The van der Waals surface area contributed by atoms with Gasteiger partial charge in [0.25, 0.3) is 0 Å². The van der Waals surface area contributed by atoms with Crippen LogP contribution < -0.4 is 0 Å². The molecular weight excluding hydrogens is 339 g/mol. The number of halogens is 3. The molecule has 2 bridgehead atoms. The molecule has 2 aliphatic rings. The first-order valence-electron chi connectivity index (χ1n) is 9.13. The standard InChI is InChI=1S/C21H22F3NO/c22-15-9-18(20(24)19(23)10-15)21(26)11-16-7-4-8-17(12-21)25(16)13-14-5-2-1-3-6-14/h1-3,5-6,9-10,16-17,26H,4,7-8,11-13H2. The Kier molecular flexibility index (Phi) is 4.53. The number of hydrogen-bond donors (Lipinski definition) is 1. The van der Waals surface area contributed by atoms with Gasteiger partial charge in [0, 0.05) is 30.3 Å². The van der Waals surface area contributed by atoms with Gasteiger partial charge in [-0.2, -0.15) is 0 Å². The summed E-state index contributed by atoms with van der Waals surface area (Å²) in [4.78, 5) is 2.36. The molecule has 0 amide bonds. The Balaban J connectivity index is 1.63. The second-order valence-electron chi connectivity index (χ2n) is 7.59. The summed E-state index contributed by atoms with van der Waals surface area (Å²) < 4.78 is 41.7. The van der Waals surface area contributed by atoms with E-state index in [1.54, 1.807) is 0 Å². The Morgan fingerprint density at radius 1 is 1.00 bits per heavy atom. The summed E-state index contributed by atoms with van der Waals surface area (Å²) in [5.41, 5.74) is -0.584. The fraction of sp³-hybridized carbons (Fsp3) is 0.429. The Morgan fingerprint density at radius 3 is 2.31 bits per heavy atom. The van der Waals surface area contributed by atoms with E-state index in [-0.39, 0.29) is 30.5 Å². The third-order valence-electron chi connectivity index (χ3n) is 5.86. The summed E-state index contributed by atoms with van der Waals surface area (Å²) in [6.07, 6.45) is 3.42. The van der Waals surface area contributed by atoms with Crippen molar-refractivity contribution >= 4 is 0 Å². The zero-order chi connectivity index (χ0) is 18.3. The minimum Gasteiger partial charge on any atom is -0.385 e. The number of piperidine rings is 2. The minimum atomic E-state index is -1.53. The Bertz CT molecular complexity index is 781. The highest BCUT2D eigenvalue weighted by atomic mass is 19.2. The molecule has 0 aromatic heterocycles. The minimum absolute atomic E-state index is 0.0680. The number of fused-ring (bicyclic) bond motifs is 2. The number of nitrogens with zero attached hydrogens (tertiary/aromatic N) is 1. The third kappa shape index (κ3) is 3.14. The van der Waals surface area contributed by atoms with Crippen LogP contribution in [0.2, 0.25) is 0 Å². The van der Waals surface area contributed by atoms with Crippen molar-refractivity contribution < 1.29 is 18.3 Å². The number of hydrogen-bond acceptors (Lipinski definition) is 2. The van der Waals surface area contributed by atoms with Crippen LogP contribution in [0.4, 0.5) is 13.2 Å². The molecule has 2 atom stereocenters. The predicted octanol–water partition coefficient (Wildman–Crippen LogP) is 4.51. The molecule has 138 valence electrons. The first-order chi connectivity index (χ1) is 12.5. The smallest absolute Gasteiger partial charge is 0.165 e. The molecule has 2 aromatic rings. The summed E-state index contributed by atoms with van der Waals surface area (Å²) >= 11 is 0. The predicted molar refractivity (Wildman–Crippen MR) is 92.9 cm³/mol. The van der Waals surface area contributed by atoms with E-state index in [9.17, 15) is 18.3 Å². The van der Waals surface area contributed by atoms with Crippen molar-refractivity contribution in [3.63, 3.8) is 0 Å². The highest BCUT2D eigenvalue weighted by Crippen LogP contribution is 2.45. The second kappa shape index (κ2) is 6.71. The molecule has 4 rings (SSSR count). The van der Waals surface area contributed by atoms with Crippen molar-refractivity contribution in [3.8, 4) is 0 Å². The Morgan fingerprint density at radius 2 is 1.65 bits per heavy atom. The molecule has 5 heteroatoms. The normalized spacial score (nSPS) is 28.9. The van der Waals surface area contributed by atoms with E-state index in [0.717, 1.165) is 31.9 Å². The van der Waals surface area contributed by atoms with Crippen LogP contribution in [0, 0.1) is 17.5 Å². The van der Waals surface area contributed by atoms with E-state index in [2.05, 4.69) is 17.0 Å². The van der Waals surface area contributed by atoms with E-state index in [1.807, 2.05) is 18.2 Å². The van der Waals surface area contributed by atoms with Crippen LogP contribution in [0.25, 0.3) is 0 Å². The lowest BCUT2D eigenvalue weighted by Crippen LogP contribution is -2.56. The molecular formula is C21H22F3NO. The van der Waals surface area contributed by atoms with Gasteiger partial charge < -0.3 is 5.11 Å². The molecule has 0 radical (unpaired) electrons. The molecule has 26 heavy (non-hydrogen) atoms. The zero-order valence-corrected chi connectivity index (χ0v) is 14.5. The second-order valence-corrected chi connectivity index (χ2v) is 7.59. The van der Waals surface area contributed by atoms with Crippen molar-refractivity contribution in [2.75, 3.05) is 0 Å². The average Bonchev–Trinajstić information content (AvgIpc) is 2.60. The van der Waals surface area contributed by atoms with E-state index in [1.165, 1.54) is 5.56 Å². The van der Waals surface area contributed by atoms with E-state index >= 15 is 0 Å². The van der Waals surface area contributed by atoms with Crippen LogP contribution in [-0.4, -0.2) is 22.1 Å². The largest absolute Gasteiger partial charge is 0.385 e. The maximum absolute atomic E-state index is 14.3. The van der Waals surface area contributed by atoms with Gasteiger partial charge in [0.05, 0.1) is 5.60 Å². The SMILES string of the molecule is OC1(c2cc(F)cc(F)c2F)CC2CCCC(C1)N2Cc1ccccc1. The summed E-state index contributed by atoms with van der Waals surface area (Å²) in [6.45, 7) is 0.770. The Hall–Kier alpha value is -1.85. The van der Waals surface area contributed by atoms with Crippen molar-refractivity contribution in [1.82, 2.24) is 4.90 Å². The summed E-state index contributed by atoms with van der Waals surface area (Å²) in [6, 6.07) is 11.7. The zero-order valence-electron chi connectivity index (χ0n) is 14.5. The van der Waals surface area contributed by atoms with E-state index < -0.39 is 23.1 Å². The van der Waals surface area contributed by atoms with E-state index in [0.29, 0.717) is 6.07 Å². The van der Waals surface area contributed by atoms with Crippen molar-refractivity contribution in [2.24, 2.45) is 0 Å². The molecule has 1 N–H and O–H groups in total. The highest BCUT2D eigenvalue weighted by molar-refractivity contribution is 5.28. The Labute approximate surface area is 151 Å². The van der Waals surface area contributed by atoms with E-state index in [4.69, 9.17) is 0 Å². The van der Waals surface area contributed by atoms with Crippen LogP contribution in [0.1, 0.15) is 43.2 Å². The quantitative estimate of drug-likeness (QED) is 0.813. The molecule has 2 unspecified atom stereocenters. The average molecular weight is 361 g/mol. The van der Waals surface area contributed by atoms with Gasteiger partial charge in [-0.15, -0.1) is 0 Å². The fourth-order valence-corrected chi connectivity index (χ4v) is 4.69. The lowest BCUT2D eigenvalue weighted by molar-refractivity contribution is -0.102. The number of rotatable bonds is 3. The van der Waals surface area contributed by atoms with Crippen molar-refractivity contribution in [3.05, 3.63) is 71.0 Å². The molecule has 2 nitrogen and oxygen atoms in total. The van der Waals surface area contributed by atoms with Gasteiger partial charge in [-0.05, 0) is 37.3 Å². The van der Waals surface area contributed by atoms with Gasteiger partial charge in [-0.3, -0.25) is 4.90 Å². The highest BCUT2D eigenvalue weighted by Gasteiger charge is 2.47. The first-order valence-corrected chi connectivity index (χ1v) is 9.13. The molecule has 0 spiro atoms. The summed E-state index contributed by atoms with van der Waals surface area (Å²) in [5, 5.41) is 11.2. The summed E-state index contributed by atoms with van der Waals surface area (Å²) in [5.74, 6) is -3.24. The molecule has 0 aliphatic carbocycles. The molecule has 2 saturated heterocycles. The maximum atomic E-state index is 14.3. The van der Waals surface area contributed by atoms with Crippen LogP contribution in [0.5, 0.6) is 0 Å². The van der Waals surface area contributed by atoms with Gasteiger partial charge >= 0.3 is 0 Å². The molecule has 2 fully saturated rings. The summed E-state index contributed by atoms with van der Waals surface area (Å²) in [7, 11) is 0. The van der Waals surface area contributed by atoms with Crippen LogP contribution >= 0.6 is 0 Å². The molecule has 2 aromatic carbocycles. The molecule has 2 aliphatic heterocycles. The topological polar surface area (TPSA) is 23.5 Å². The first kappa shape index (κ1) is 17.6. The third-order valence-corrected chi connectivity index (χ3v) is 5.86. The fourth-order valence-electron chi connectivity index (χ4n) is 4.69. The van der Waals surface area contributed by atoms with Gasteiger partial charge in [0.15, 0.2) is 11.6 Å². The van der Waals surface area contributed by atoms with Crippen LogP contribution in [0.15, 0.2) is 42.5 Å². The number of benzene rings is 2. The van der Waals surface area contributed by atoms with Gasteiger partial charge in [-0.25, -0.2) is 13.2 Å². The van der Waals surface area contributed by atoms with Gasteiger partial charge in [-0.1, -0.05) is 36.8 Å². The maximum Gasteiger partial charge on any atom is 0.165 e. The molecule has 0 saturated carbocycles. The lowest BCUT2D eigenvalue weighted by atomic mass is 9.72. The van der Waals surface area contributed by atoms with Crippen LogP contribution in [-0.2, 0) is 12.1 Å². The van der Waals surface area contributed by atoms with Gasteiger partial charge in [0.1, 0.15) is 5.82 Å². The number of aliphatic hydroxyl groups is 1. The molecule has 2 heterocycles.